The Bertz CT molecular complexity index is 517. The van der Waals surface area contributed by atoms with Crippen LogP contribution in [0.25, 0.3) is 0 Å². The van der Waals surface area contributed by atoms with Crippen LogP contribution in [0.1, 0.15) is 11.1 Å². The summed E-state index contributed by atoms with van der Waals surface area (Å²) >= 11 is 5.82. The highest BCUT2D eigenvalue weighted by molar-refractivity contribution is 6.17. The van der Waals surface area contributed by atoms with Crippen molar-refractivity contribution in [1.82, 2.24) is 4.98 Å². The molecule has 0 saturated carbocycles. The van der Waals surface area contributed by atoms with Gasteiger partial charge in [0.1, 0.15) is 0 Å². The van der Waals surface area contributed by atoms with Crippen molar-refractivity contribution in [2.75, 3.05) is 13.7 Å². The topological polar surface area (TPSA) is 31.4 Å². The summed E-state index contributed by atoms with van der Waals surface area (Å²) in [4.78, 5) is 3.99. The molecular formula is C15H16ClNO2. The van der Waals surface area contributed by atoms with E-state index in [0.717, 1.165) is 23.5 Å². The molecule has 1 aromatic heterocycles. The number of methoxy groups -OCH3 is 1. The summed E-state index contributed by atoms with van der Waals surface area (Å²) in [6.07, 6.45) is 4.39. The predicted molar refractivity (Wildman–Crippen MR) is 76.0 cm³/mol. The molecule has 0 N–H and O–H groups in total. The van der Waals surface area contributed by atoms with E-state index in [4.69, 9.17) is 21.1 Å². The van der Waals surface area contributed by atoms with Crippen LogP contribution in [0.4, 0.5) is 0 Å². The van der Waals surface area contributed by atoms with Crippen molar-refractivity contribution < 1.29 is 9.47 Å². The van der Waals surface area contributed by atoms with Gasteiger partial charge < -0.3 is 9.47 Å². The smallest absolute Gasteiger partial charge is 0.161 e. The molecule has 0 fully saturated rings. The molecule has 2 aromatic rings. The quantitative estimate of drug-likeness (QED) is 0.758. The summed E-state index contributed by atoms with van der Waals surface area (Å²) < 4.78 is 11.0. The molecule has 0 atom stereocenters. The zero-order valence-corrected chi connectivity index (χ0v) is 11.6. The van der Waals surface area contributed by atoms with Crippen LogP contribution in [0.15, 0.2) is 42.7 Å². The van der Waals surface area contributed by atoms with Crippen molar-refractivity contribution in [3.63, 3.8) is 0 Å². The summed E-state index contributed by atoms with van der Waals surface area (Å²) in [6.45, 7) is 0.589. The van der Waals surface area contributed by atoms with Crippen LogP contribution < -0.4 is 9.47 Å². The van der Waals surface area contributed by atoms with Gasteiger partial charge in [-0.05, 0) is 35.4 Å². The summed E-state index contributed by atoms with van der Waals surface area (Å²) in [7, 11) is 1.63. The van der Waals surface area contributed by atoms with E-state index in [1.807, 2.05) is 30.3 Å². The highest BCUT2D eigenvalue weighted by Gasteiger charge is 2.05. The molecule has 3 nitrogen and oxygen atoms in total. The third-order valence-electron chi connectivity index (χ3n) is 2.78. The highest BCUT2D eigenvalue weighted by atomic mass is 35.5. The van der Waals surface area contributed by atoms with E-state index in [9.17, 15) is 0 Å². The van der Waals surface area contributed by atoms with Crippen molar-refractivity contribution in [3.8, 4) is 11.5 Å². The molecular weight excluding hydrogens is 262 g/mol. The van der Waals surface area contributed by atoms with Gasteiger partial charge in [-0.2, -0.15) is 0 Å². The first kappa shape index (κ1) is 13.7. The van der Waals surface area contributed by atoms with Gasteiger partial charge in [-0.15, -0.1) is 11.6 Å². The van der Waals surface area contributed by atoms with Crippen LogP contribution >= 0.6 is 11.6 Å². The Morgan fingerprint density at radius 2 is 1.84 bits per heavy atom. The number of nitrogens with zero attached hydrogens (tertiary/aromatic N) is 1. The Morgan fingerprint density at radius 3 is 2.53 bits per heavy atom. The molecule has 0 spiro atoms. The normalized spacial score (nSPS) is 10.2. The standard InChI is InChI=1S/C15H16ClNO2/c1-18-14-3-2-13(11-16)10-15(14)19-9-6-12-4-7-17-8-5-12/h2-5,7-8,10H,6,9,11H2,1H3. The van der Waals surface area contributed by atoms with Gasteiger partial charge >= 0.3 is 0 Å². The molecule has 2 rings (SSSR count). The molecule has 0 saturated heterocycles. The first-order valence-corrected chi connectivity index (χ1v) is 6.61. The second-order valence-electron chi connectivity index (χ2n) is 4.07. The Hall–Kier alpha value is -1.74. The second kappa shape index (κ2) is 7.00. The summed E-state index contributed by atoms with van der Waals surface area (Å²) in [5, 5.41) is 0. The van der Waals surface area contributed by atoms with E-state index in [2.05, 4.69) is 4.98 Å². The molecule has 0 aliphatic rings. The number of ether oxygens (including phenoxy) is 2. The highest BCUT2D eigenvalue weighted by Crippen LogP contribution is 2.28. The number of benzene rings is 1. The lowest BCUT2D eigenvalue weighted by molar-refractivity contribution is 0.297. The minimum atomic E-state index is 0.463. The van der Waals surface area contributed by atoms with E-state index in [1.165, 1.54) is 5.56 Å². The van der Waals surface area contributed by atoms with Gasteiger partial charge in [0.2, 0.25) is 0 Å². The Labute approximate surface area is 118 Å². The van der Waals surface area contributed by atoms with Crippen molar-refractivity contribution in [1.29, 1.82) is 0 Å². The fourth-order valence-corrected chi connectivity index (χ4v) is 1.91. The monoisotopic (exact) mass is 277 g/mol. The van der Waals surface area contributed by atoms with Gasteiger partial charge in [0.25, 0.3) is 0 Å². The maximum absolute atomic E-state index is 5.82. The average Bonchev–Trinajstić information content (AvgIpc) is 2.48. The van der Waals surface area contributed by atoms with Crippen molar-refractivity contribution in [3.05, 3.63) is 53.9 Å². The third-order valence-corrected chi connectivity index (χ3v) is 3.09. The van der Waals surface area contributed by atoms with Crippen LogP contribution in [0.5, 0.6) is 11.5 Å². The maximum atomic E-state index is 5.82. The van der Waals surface area contributed by atoms with E-state index in [0.29, 0.717) is 12.5 Å². The number of pyridine rings is 1. The number of halogens is 1. The molecule has 0 bridgehead atoms. The lowest BCUT2D eigenvalue weighted by Gasteiger charge is -2.11. The molecule has 0 aliphatic carbocycles. The predicted octanol–water partition coefficient (Wildman–Crippen LogP) is 3.45. The van der Waals surface area contributed by atoms with E-state index < -0.39 is 0 Å². The van der Waals surface area contributed by atoms with Gasteiger partial charge in [-0.25, -0.2) is 0 Å². The second-order valence-corrected chi connectivity index (χ2v) is 4.34. The zero-order chi connectivity index (χ0) is 13.5. The molecule has 0 amide bonds. The van der Waals surface area contributed by atoms with Crippen LogP contribution in [0, 0.1) is 0 Å². The van der Waals surface area contributed by atoms with E-state index in [1.54, 1.807) is 19.5 Å². The minimum absolute atomic E-state index is 0.463. The van der Waals surface area contributed by atoms with Gasteiger partial charge in [0, 0.05) is 24.7 Å². The lowest BCUT2D eigenvalue weighted by atomic mass is 10.2. The van der Waals surface area contributed by atoms with Crippen LogP contribution in [-0.4, -0.2) is 18.7 Å². The molecule has 0 radical (unpaired) electrons. The molecule has 19 heavy (non-hydrogen) atoms. The molecule has 100 valence electrons. The van der Waals surface area contributed by atoms with Crippen LogP contribution in [0.3, 0.4) is 0 Å². The van der Waals surface area contributed by atoms with E-state index in [-0.39, 0.29) is 0 Å². The Balaban J connectivity index is 1.98. The fraction of sp³-hybridized carbons (Fsp3) is 0.267. The third kappa shape index (κ3) is 3.86. The van der Waals surface area contributed by atoms with Crippen molar-refractivity contribution in [2.24, 2.45) is 0 Å². The van der Waals surface area contributed by atoms with Gasteiger partial charge in [-0.1, -0.05) is 6.07 Å². The first-order valence-electron chi connectivity index (χ1n) is 6.08. The number of alkyl halides is 1. The van der Waals surface area contributed by atoms with Gasteiger partial charge in [0.05, 0.1) is 13.7 Å². The average molecular weight is 278 g/mol. The zero-order valence-electron chi connectivity index (χ0n) is 10.8. The largest absolute Gasteiger partial charge is 0.493 e. The summed E-state index contributed by atoms with van der Waals surface area (Å²) in [5.41, 5.74) is 2.21. The molecule has 0 unspecified atom stereocenters. The van der Waals surface area contributed by atoms with Crippen molar-refractivity contribution >= 4 is 11.6 Å². The molecule has 1 heterocycles. The molecule has 4 heteroatoms. The Morgan fingerprint density at radius 1 is 1.05 bits per heavy atom. The Kier molecular flexibility index (Phi) is 5.04. The van der Waals surface area contributed by atoms with E-state index >= 15 is 0 Å². The van der Waals surface area contributed by atoms with Gasteiger partial charge in [0.15, 0.2) is 11.5 Å². The summed E-state index contributed by atoms with van der Waals surface area (Å²) in [6, 6.07) is 9.69. The SMILES string of the molecule is COc1ccc(CCl)cc1OCCc1ccncc1. The molecule has 0 aliphatic heterocycles. The van der Waals surface area contributed by atoms with Crippen molar-refractivity contribution in [2.45, 2.75) is 12.3 Å². The minimum Gasteiger partial charge on any atom is -0.493 e. The lowest BCUT2D eigenvalue weighted by Crippen LogP contribution is -2.03. The summed E-state index contributed by atoms with van der Waals surface area (Å²) in [5.74, 6) is 1.92. The number of hydrogen-bond donors (Lipinski definition) is 0. The van der Waals surface area contributed by atoms with Crippen LogP contribution in [0.2, 0.25) is 0 Å². The number of hydrogen-bond acceptors (Lipinski definition) is 3. The first-order chi connectivity index (χ1) is 9.33. The number of aromatic nitrogens is 1. The van der Waals surface area contributed by atoms with Gasteiger partial charge in [-0.3, -0.25) is 4.98 Å². The molecule has 1 aromatic carbocycles. The number of rotatable bonds is 6. The maximum Gasteiger partial charge on any atom is 0.161 e. The van der Waals surface area contributed by atoms with Crippen LogP contribution in [-0.2, 0) is 12.3 Å². The fourth-order valence-electron chi connectivity index (χ4n) is 1.75.